The van der Waals surface area contributed by atoms with Crippen molar-refractivity contribution in [3.63, 3.8) is 0 Å². The largest absolute Gasteiger partial charge is 0.370 e. The summed E-state index contributed by atoms with van der Waals surface area (Å²) in [4.78, 5) is 23.9. The normalized spacial score (nSPS) is 14.6. The van der Waals surface area contributed by atoms with Gasteiger partial charge >= 0.3 is 0 Å². The summed E-state index contributed by atoms with van der Waals surface area (Å²) in [5, 5.41) is 3.18. The van der Waals surface area contributed by atoms with Gasteiger partial charge < -0.3 is 15.2 Å². The minimum absolute atomic E-state index is 0.0823. The fourth-order valence-corrected chi connectivity index (χ4v) is 4.67. The van der Waals surface area contributed by atoms with Gasteiger partial charge in [0.2, 0.25) is 0 Å². The van der Waals surface area contributed by atoms with Crippen molar-refractivity contribution >= 4 is 28.3 Å². The second-order valence-electron chi connectivity index (χ2n) is 8.65. The van der Waals surface area contributed by atoms with Crippen molar-refractivity contribution < 1.29 is 4.79 Å². The van der Waals surface area contributed by atoms with Gasteiger partial charge in [-0.1, -0.05) is 51.3 Å². The van der Waals surface area contributed by atoms with E-state index in [1.807, 2.05) is 30.3 Å². The first kappa shape index (κ1) is 21.4. The molecule has 5 nitrogen and oxygen atoms in total. The van der Waals surface area contributed by atoms with Gasteiger partial charge in [-0.05, 0) is 49.9 Å². The Morgan fingerprint density at radius 1 is 1.06 bits per heavy atom. The van der Waals surface area contributed by atoms with Crippen LogP contribution in [0.2, 0.25) is 0 Å². The quantitative estimate of drug-likeness (QED) is 0.439. The maximum Gasteiger partial charge on any atom is 0.255 e. The third kappa shape index (κ3) is 4.92. The van der Waals surface area contributed by atoms with Crippen LogP contribution in [0.15, 0.2) is 42.5 Å². The second kappa shape index (κ2) is 9.99. The summed E-state index contributed by atoms with van der Waals surface area (Å²) < 4.78 is 0. The number of H-pyrrole nitrogens is 1. The van der Waals surface area contributed by atoms with E-state index in [1.54, 1.807) is 0 Å². The lowest BCUT2D eigenvalue weighted by Crippen LogP contribution is -2.26. The molecular formula is C26H34N4O. The Balaban J connectivity index is 1.72. The monoisotopic (exact) mass is 418 g/mol. The highest BCUT2D eigenvalue weighted by Gasteiger charge is 2.21. The second-order valence-corrected chi connectivity index (χ2v) is 8.65. The molecule has 1 aromatic heterocycles. The van der Waals surface area contributed by atoms with E-state index in [4.69, 9.17) is 4.98 Å². The number of hydrogen-bond donors (Lipinski definition) is 2. The Morgan fingerprint density at radius 2 is 1.77 bits per heavy atom. The highest BCUT2D eigenvalue weighted by molar-refractivity contribution is 6.07. The first-order valence-corrected chi connectivity index (χ1v) is 11.8. The third-order valence-electron chi connectivity index (χ3n) is 6.22. The summed E-state index contributed by atoms with van der Waals surface area (Å²) in [6, 6.07) is 13.6. The molecule has 0 unspecified atom stereocenters. The summed E-state index contributed by atoms with van der Waals surface area (Å²) in [7, 11) is 0. The molecule has 0 radical (unpaired) electrons. The SMILES string of the molecule is CCCN(CCC)c1cc2nc(C3CCCCC3)[nH]c2cc1NC(=O)c1ccccc1. The summed E-state index contributed by atoms with van der Waals surface area (Å²) >= 11 is 0. The molecule has 0 bridgehead atoms. The Morgan fingerprint density at radius 3 is 2.45 bits per heavy atom. The van der Waals surface area contributed by atoms with Gasteiger partial charge in [0.25, 0.3) is 5.91 Å². The van der Waals surface area contributed by atoms with E-state index in [-0.39, 0.29) is 5.91 Å². The van der Waals surface area contributed by atoms with Crippen LogP contribution in [0.25, 0.3) is 11.0 Å². The van der Waals surface area contributed by atoms with E-state index < -0.39 is 0 Å². The number of anilines is 2. The van der Waals surface area contributed by atoms with Crippen LogP contribution >= 0.6 is 0 Å². The maximum atomic E-state index is 12.9. The average Bonchev–Trinajstić information content (AvgIpc) is 3.22. The summed E-state index contributed by atoms with van der Waals surface area (Å²) in [6.07, 6.45) is 8.43. The number of hydrogen-bond acceptors (Lipinski definition) is 3. The lowest BCUT2D eigenvalue weighted by atomic mass is 9.89. The number of fused-ring (bicyclic) bond motifs is 1. The van der Waals surface area contributed by atoms with E-state index in [9.17, 15) is 4.79 Å². The fourth-order valence-electron chi connectivity index (χ4n) is 4.67. The number of amides is 1. The molecule has 2 aromatic carbocycles. The van der Waals surface area contributed by atoms with Crippen LogP contribution in [0.5, 0.6) is 0 Å². The predicted octanol–water partition coefficient (Wildman–Crippen LogP) is 6.49. The van der Waals surface area contributed by atoms with Gasteiger partial charge in [0.05, 0.1) is 22.4 Å². The number of benzene rings is 2. The van der Waals surface area contributed by atoms with Crippen LogP contribution in [0.3, 0.4) is 0 Å². The van der Waals surface area contributed by atoms with Gasteiger partial charge in [-0.25, -0.2) is 4.98 Å². The van der Waals surface area contributed by atoms with E-state index in [0.29, 0.717) is 11.5 Å². The number of nitrogens with zero attached hydrogens (tertiary/aromatic N) is 2. The molecule has 5 heteroatoms. The van der Waals surface area contributed by atoms with Crippen LogP contribution < -0.4 is 10.2 Å². The first-order chi connectivity index (χ1) is 15.2. The molecule has 1 amide bonds. The van der Waals surface area contributed by atoms with E-state index in [0.717, 1.165) is 54.2 Å². The highest BCUT2D eigenvalue weighted by Crippen LogP contribution is 2.35. The van der Waals surface area contributed by atoms with Crippen LogP contribution in [-0.2, 0) is 0 Å². The minimum atomic E-state index is -0.0823. The molecule has 0 saturated heterocycles. The van der Waals surface area contributed by atoms with Crippen molar-refractivity contribution in [2.75, 3.05) is 23.3 Å². The molecule has 4 rings (SSSR count). The van der Waals surface area contributed by atoms with Crippen molar-refractivity contribution in [3.8, 4) is 0 Å². The Hall–Kier alpha value is -2.82. The fraction of sp³-hybridized carbons (Fsp3) is 0.462. The molecule has 0 aliphatic heterocycles. The zero-order valence-corrected chi connectivity index (χ0v) is 18.8. The summed E-state index contributed by atoms with van der Waals surface area (Å²) in [6.45, 7) is 6.29. The molecule has 1 fully saturated rings. The highest BCUT2D eigenvalue weighted by atomic mass is 16.1. The zero-order valence-electron chi connectivity index (χ0n) is 18.8. The van der Waals surface area contributed by atoms with Gasteiger partial charge in [0, 0.05) is 24.6 Å². The maximum absolute atomic E-state index is 12.9. The molecule has 3 aromatic rings. The number of carbonyl (C=O) groups excluding carboxylic acids is 1. The molecule has 1 aliphatic carbocycles. The summed E-state index contributed by atoms with van der Waals surface area (Å²) in [5.41, 5.74) is 4.56. The van der Waals surface area contributed by atoms with Gasteiger partial charge in [-0.3, -0.25) is 4.79 Å². The number of aromatic amines is 1. The molecule has 31 heavy (non-hydrogen) atoms. The number of rotatable bonds is 8. The standard InChI is InChI=1S/C26H34N4O/c1-3-15-30(16-4-2)24-18-22-21(27-25(28-22)19-11-7-5-8-12-19)17-23(24)29-26(31)20-13-9-6-10-14-20/h6,9-10,13-14,17-19H,3-5,7-8,11-12,15-16H2,1-2H3,(H,27,28)(H,29,31). The lowest BCUT2D eigenvalue weighted by Gasteiger charge is -2.26. The molecule has 2 N–H and O–H groups in total. The number of aromatic nitrogens is 2. The van der Waals surface area contributed by atoms with Crippen molar-refractivity contribution in [3.05, 3.63) is 53.9 Å². The van der Waals surface area contributed by atoms with Crippen LogP contribution in [0.4, 0.5) is 11.4 Å². The molecule has 0 spiro atoms. The van der Waals surface area contributed by atoms with Crippen LogP contribution in [0, 0.1) is 0 Å². The minimum Gasteiger partial charge on any atom is -0.370 e. The van der Waals surface area contributed by atoms with E-state index >= 15 is 0 Å². The van der Waals surface area contributed by atoms with E-state index in [1.165, 1.54) is 32.1 Å². The molecule has 164 valence electrons. The zero-order chi connectivity index (χ0) is 21.6. The van der Waals surface area contributed by atoms with Gasteiger partial charge in [-0.15, -0.1) is 0 Å². The number of nitrogens with one attached hydrogen (secondary N) is 2. The van der Waals surface area contributed by atoms with Crippen molar-refractivity contribution in [2.45, 2.75) is 64.7 Å². The molecular weight excluding hydrogens is 384 g/mol. The Bertz CT molecular complexity index is 999. The molecule has 1 aliphatic rings. The van der Waals surface area contributed by atoms with Crippen LogP contribution in [0.1, 0.15) is 80.9 Å². The Kier molecular flexibility index (Phi) is 6.90. The predicted molar refractivity (Wildman–Crippen MR) is 129 cm³/mol. The summed E-state index contributed by atoms with van der Waals surface area (Å²) in [5.74, 6) is 1.54. The first-order valence-electron chi connectivity index (χ1n) is 11.8. The topological polar surface area (TPSA) is 61.0 Å². The molecule has 0 atom stereocenters. The smallest absolute Gasteiger partial charge is 0.255 e. The van der Waals surface area contributed by atoms with Crippen molar-refractivity contribution in [1.29, 1.82) is 0 Å². The number of carbonyl (C=O) groups is 1. The lowest BCUT2D eigenvalue weighted by molar-refractivity contribution is 0.102. The van der Waals surface area contributed by atoms with Gasteiger partial charge in [-0.2, -0.15) is 0 Å². The van der Waals surface area contributed by atoms with Gasteiger partial charge in [0.1, 0.15) is 5.82 Å². The average molecular weight is 419 g/mol. The van der Waals surface area contributed by atoms with E-state index in [2.05, 4.69) is 41.2 Å². The Labute approximate surface area is 185 Å². The third-order valence-corrected chi connectivity index (χ3v) is 6.22. The van der Waals surface area contributed by atoms with Gasteiger partial charge in [0.15, 0.2) is 0 Å². The van der Waals surface area contributed by atoms with Crippen LogP contribution in [-0.4, -0.2) is 29.0 Å². The van der Waals surface area contributed by atoms with Crippen molar-refractivity contribution in [2.24, 2.45) is 0 Å². The molecule has 1 heterocycles. The van der Waals surface area contributed by atoms with Crippen molar-refractivity contribution in [1.82, 2.24) is 9.97 Å². The molecule has 1 saturated carbocycles. The number of imidazole rings is 1.